The van der Waals surface area contributed by atoms with Gasteiger partial charge in [0.2, 0.25) is 0 Å². The van der Waals surface area contributed by atoms with Gasteiger partial charge in [-0.1, -0.05) is 0 Å². The van der Waals surface area contributed by atoms with Crippen molar-refractivity contribution in [2.24, 2.45) is 0 Å². The molecule has 0 fully saturated rings. The molecule has 7 heteroatoms. The fourth-order valence-electron chi connectivity index (χ4n) is 1.21. The Hall–Kier alpha value is -1.63. The number of carbonyl (C=O) groups is 1. The maximum absolute atomic E-state index is 11.5. The largest absolute Gasteiger partial charge is 0.505 e. The van der Waals surface area contributed by atoms with Crippen LogP contribution in [-0.4, -0.2) is 43.0 Å². The molecule has 6 nitrogen and oxygen atoms in total. The molecule has 0 saturated carbocycles. The summed E-state index contributed by atoms with van der Waals surface area (Å²) in [5, 5.41) is 11.9. The molecule has 0 aromatic carbocycles. The van der Waals surface area contributed by atoms with E-state index in [1.807, 2.05) is 0 Å². The lowest BCUT2D eigenvalue weighted by Crippen LogP contribution is -2.25. The number of pyridine rings is 1. The SMILES string of the molecule is CS(=O)(=O)CCCNC(=O)c1ccncc1O. The smallest absolute Gasteiger partial charge is 0.255 e. The Labute approximate surface area is 99.6 Å². The molecule has 1 aromatic heterocycles. The highest BCUT2D eigenvalue weighted by Crippen LogP contribution is 2.13. The van der Waals surface area contributed by atoms with Gasteiger partial charge in [0, 0.05) is 19.0 Å². The van der Waals surface area contributed by atoms with E-state index in [-0.39, 0.29) is 23.6 Å². The Bertz CT molecular complexity index is 499. The molecule has 0 unspecified atom stereocenters. The van der Waals surface area contributed by atoms with Gasteiger partial charge in [-0.15, -0.1) is 0 Å². The second-order valence-corrected chi connectivity index (χ2v) is 5.89. The Morgan fingerprint density at radius 2 is 2.24 bits per heavy atom. The maximum Gasteiger partial charge on any atom is 0.255 e. The third-order valence-corrected chi connectivity index (χ3v) is 3.05. The van der Waals surface area contributed by atoms with E-state index in [0.29, 0.717) is 6.42 Å². The highest BCUT2D eigenvalue weighted by molar-refractivity contribution is 7.90. The topological polar surface area (TPSA) is 96.4 Å². The van der Waals surface area contributed by atoms with Crippen molar-refractivity contribution in [2.75, 3.05) is 18.6 Å². The van der Waals surface area contributed by atoms with Gasteiger partial charge in [-0.2, -0.15) is 0 Å². The van der Waals surface area contributed by atoms with Gasteiger partial charge in [-0.3, -0.25) is 9.78 Å². The summed E-state index contributed by atoms with van der Waals surface area (Å²) in [7, 11) is -3.01. The van der Waals surface area contributed by atoms with E-state index in [9.17, 15) is 18.3 Å². The van der Waals surface area contributed by atoms with Gasteiger partial charge in [0.15, 0.2) is 0 Å². The first-order chi connectivity index (χ1) is 7.90. The summed E-state index contributed by atoms with van der Waals surface area (Å²) in [5.41, 5.74) is 0.124. The first-order valence-corrected chi connectivity index (χ1v) is 7.05. The van der Waals surface area contributed by atoms with Crippen molar-refractivity contribution in [1.82, 2.24) is 10.3 Å². The van der Waals surface area contributed by atoms with E-state index < -0.39 is 15.7 Å². The van der Waals surface area contributed by atoms with Gasteiger partial charge in [-0.05, 0) is 12.5 Å². The van der Waals surface area contributed by atoms with Gasteiger partial charge >= 0.3 is 0 Å². The molecule has 0 atom stereocenters. The number of nitrogens with zero attached hydrogens (tertiary/aromatic N) is 1. The Balaban J connectivity index is 2.44. The molecule has 0 radical (unpaired) electrons. The number of sulfone groups is 1. The Kier molecular flexibility index (Phi) is 4.45. The van der Waals surface area contributed by atoms with Crippen molar-refractivity contribution in [3.05, 3.63) is 24.0 Å². The van der Waals surface area contributed by atoms with Gasteiger partial charge < -0.3 is 10.4 Å². The van der Waals surface area contributed by atoms with Crippen molar-refractivity contribution < 1.29 is 18.3 Å². The van der Waals surface area contributed by atoms with Crippen molar-refractivity contribution >= 4 is 15.7 Å². The number of rotatable bonds is 5. The molecular formula is C10H14N2O4S. The third-order valence-electron chi connectivity index (χ3n) is 2.02. The number of carbonyl (C=O) groups excluding carboxylic acids is 1. The van der Waals surface area contributed by atoms with Crippen LogP contribution in [0.25, 0.3) is 0 Å². The summed E-state index contributed by atoms with van der Waals surface area (Å²) in [6, 6.07) is 1.39. The average molecular weight is 258 g/mol. The highest BCUT2D eigenvalue weighted by atomic mass is 32.2. The molecule has 1 heterocycles. The molecule has 0 saturated heterocycles. The highest BCUT2D eigenvalue weighted by Gasteiger charge is 2.10. The monoisotopic (exact) mass is 258 g/mol. The van der Waals surface area contributed by atoms with Crippen LogP contribution in [0.4, 0.5) is 0 Å². The first-order valence-electron chi connectivity index (χ1n) is 4.99. The number of aromatic hydroxyl groups is 1. The quantitative estimate of drug-likeness (QED) is 0.722. The summed E-state index contributed by atoms with van der Waals surface area (Å²) in [4.78, 5) is 15.2. The van der Waals surface area contributed by atoms with E-state index in [4.69, 9.17) is 0 Å². The lowest BCUT2D eigenvalue weighted by Gasteiger charge is -2.05. The molecule has 0 bridgehead atoms. The zero-order valence-corrected chi connectivity index (χ0v) is 10.2. The zero-order chi connectivity index (χ0) is 12.9. The standard InChI is InChI=1S/C10H14N2O4S/c1-17(15,16)6-2-4-12-10(14)8-3-5-11-7-9(8)13/h3,5,7,13H,2,4,6H2,1H3,(H,12,14). The van der Waals surface area contributed by atoms with Gasteiger partial charge in [0.1, 0.15) is 15.6 Å². The Morgan fingerprint density at radius 3 is 2.82 bits per heavy atom. The minimum atomic E-state index is -3.01. The maximum atomic E-state index is 11.5. The van der Waals surface area contributed by atoms with Crippen LogP contribution in [0.5, 0.6) is 5.75 Å². The molecule has 2 N–H and O–H groups in total. The molecule has 0 aliphatic heterocycles. The van der Waals surface area contributed by atoms with Gasteiger partial charge in [0.05, 0.1) is 17.5 Å². The van der Waals surface area contributed by atoms with Crippen LogP contribution in [0.3, 0.4) is 0 Å². The number of hydrogen-bond acceptors (Lipinski definition) is 5. The van der Waals surface area contributed by atoms with Gasteiger partial charge in [0.25, 0.3) is 5.91 Å². The molecule has 0 aliphatic carbocycles. The van der Waals surface area contributed by atoms with Crippen LogP contribution in [0.15, 0.2) is 18.5 Å². The number of amides is 1. The van der Waals surface area contributed by atoms with Crippen LogP contribution >= 0.6 is 0 Å². The van der Waals surface area contributed by atoms with Crippen LogP contribution in [0.2, 0.25) is 0 Å². The summed E-state index contributed by atoms with van der Waals surface area (Å²) >= 11 is 0. The average Bonchev–Trinajstić information content (AvgIpc) is 2.23. The second kappa shape index (κ2) is 5.62. The van der Waals surface area contributed by atoms with E-state index in [1.165, 1.54) is 18.5 Å². The van der Waals surface area contributed by atoms with Gasteiger partial charge in [-0.25, -0.2) is 8.42 Å². The van der Waals surface area contributed by atoms with Crippen LogP contribution in [0.1, 0.15) is 16.8 Å². The van der Waals surface area contributed by atoms with Crippen molar-refractivity contribution in [1.29, 1.82) is 0 Å². The summed E-state index contributed by atoms with van der Waals surface area (Å²) < 4.78 is 21.7. The Morgan fingerprint density at radius 1 is 1.53 bits per heavy atom. The minimum absolute atomic E-state index is 0.0234. The summed E-state index contributed by atoms with van der Waals surface area (Å²) in [5.74, 6) is -0.623. The summed E-state index contributed by atoms with van der Waals surface area (Å²) in [6.07, 6.45) is 4.05. The third kappa shape index (κ3) is 4.81. The number of nitrogens with one attached hydrogen (secondary N) is 1. The predicted molar refractivity (Wildman–Crippen MR) is 62.6 cm³/mol. The molecule has 1 amide bonds. The zero-order valence-electron chi connectivity index (χ0n) is 9.38. The molecule has 94 valence electrons. The van der Waals surface area contributed by atoms with Crippen molar-refractivity contribution in [3.63, 3.8) is 0 Å². The molecule has 1 rings (SSSR count). The fourth-order valence-corrected chi connectivity index (χ4v) is 1.88. The molecule has 0 aliphatic rings. The first kappa shape index (κ1) is 13.4. The minimum Gasteiger partial charge on any atom is -0.505 e. The lowest BCUT2D eigenvalue weighted by atomic mass is 10.2. The lowest BCUT2D eigenvalue weighted by molar-refractivity contribution is 0.0951. The van der Waals surface area contributed by atoms with E-state index in [1.54, 1.807) is 0 Å². The normalized spacial score (nSPS) is 11.1. The van der Waals surface area contributed by atoms with E-state index in [0.717, 1.165) is 6.26 Å². The number of hydrogen-bond donors (Lipinski definition) is 2. The molecule has 17 heavy (non-hydrogen) atoms. The predicted octanol–water partition coefficient (Wildman–Crippen LogP) is -0.0483. The van der Waals surface area contributed by atoms with E-state index in [2.05, 4.69) is 10.3 Å². The van der Waals surface area contributed by atoms with E-state index >= 15 is 0 Å². The number of aromatic nitrogens is 1. The molecule has 1 aromatic rings. The van der Waals surface area contributed by atoms with Crippen molar-refractivity contribution in [3.8, 4) is 5.75 Å². The van der Waals surface area contributed by atoms with Crippen molar-refractivity contribution in [2.45, 2.75) is 6.42 Å². The second-order valence-electron chi connectivity index (χ2n) is 3.63. The fraction of sp³-hybridized carbons (Fsp3) is 0.400. The summed E-state index contributed by atoms with van der Waals surface area (Å²) in [6.45, 7) is 0.244. The van der Waals surface area contributed by atoms with Crippen LogP contribution in [-0.2, 0) is 9.84 Å². The molecular weight excluding hydrogens is 244 g/mol. The molecule has 0 spiro atoms. The van der Waals surface area contributed by atoms with Crippen LogP contribution < -0.4 is 5.32 Å². The van der Waals surface area contributed by atoms with Crippen LogP contribution in [0, 0.1) is 0 Å².